The number of halogens is 1. The van der Waals surface area contributed by atoms with Gasteiger partial charge < -0.3 is 15.5 Å². The number of hydrogen-bond donors (Lipinski definition) is 2. The van der Waals surface area contributed by atoms with Crippen LogP contribution >= 0.6 is 24.0 Å². The maximum Gasteiger partial charge on any atom is 0.220 e. The molecule has 0 atom stereocenters. The number of carbonyl (C=O) groups is 1. The summed E-state index contributed by atoms with van der Waals surface area (Å²) >= 11 is 0. The van der Waals surface area contributed by atoms with Crippen LogP contribution in [0.3, 0.4) is 0 Å². The fraction of sp³-hybridized carbons (Fsp3) is 0.652. The lowest BCUT2D eigenvalue weighted by Gasteiger charge is -2.34. The van der Waals surface area contributed by atoms with Crippen molar-refractivity contribution in [2.24, 2.45) is 10.9 Å². The van der Waals surface area contributed by atoms with Crippen LogP contribution in [0.25, 0.3) is 0 Å². The lowest BCUT2D eigenvalue weighted by molar-refractivity contribution is -0.121. The number of guanidine groups is 1. The SMILES string of the molecule is CCNC(=NCCCc1ccc(C(C)C)cc1)N1CCC(CC(=O)NC)CC1.I. The first-order valence-electron chi connectivity index (χ1n) is 10.9. The predicted molar refractivity (Wildman–Crippen MR) is 133 cm³/mol. The van der Waals surface area contributed by atoms with E-state index in [4.69, 9.17) is 4.99 Å². The summed E-state index contributed by atoms with van der Waals surface area (Å²) < 4.78 is 0. The van der Waals surface area contributed by atoms with Gasteiger partial charge >= 0.3 is 0 Å². The Kier molecular flexibility index (Phi) is 12.3. The Morgan fingerprint density at radius 3 is 2.41 bits per heavy atom. The fourth-order valence-electron chi connectivity index (χ4n) is 3.68. The second-order valence-corrected chi connectivity index (χ2v) is 8.04. The van der Waals surface area contributed by atoms with Gasteiger partial charge in [-0.2, -0.15) is 0 Å². The van der Waals surface area contributed by atoms with Crippen LogP contribution in [-0.4, -0.2) is 50.0 Å². The van der Waals surface area contributed by atoms with Gasteiger partial charge in [0.1, 0.15) is 0 Å². The molecule has 0 aromatic heterocycles. The second-order valence-electron chi connectivity index (χ2n) is 8.04. The quantitative estimate of drug-likeness (QED) is 0.237. The Morgan fingerprint density at radius 1 is 1.21 bits per heavy atom. The molecule has 1 heterocycles. The topological polar surface area (TPSA) is 56.7 Å². The highest BCUT2D eigenvalue weighted by molar-refractivity contribution is 14.0. The second kappa shape index (κ2) is 13.8. The number of piperidine rings is 1. The minimum Gasteiger partial charge on any atom is -0.359 e. The van der Waals surface area contributed by atoms with Gasteiger partial charge in [0, 0.05) is 39.6 Å². The van der Waals surface area contributed by atoms with Gasteiger partial charge in [0.15, 0.2) is 5.96 Å². The van der Waals surface area contributed by atoms with Gasteiger partial charge in [-0.15, -0.1) is 24.0 Å². The molecule has 6 heteroatoms. The molecule has 1 aliphatic rings. The highest BCUT2D eigenvalue weighted by Crippen LogP contribution is 2.20. The molecular formula is C23H39IN4O. The third-order valence-corrected chi connectivity index (χ3v) is 5.53. The van der Waals surface area contributed by atoms with Crippen LogP contribution in [0.15, 0.2) is 29.3 Å². The molecule has 2 N–H and O–H groups in total. The smallest absolute Gasteiger partial charge is 0.220 e. The standard InChI is InChI=1S/C23H38N4O.HI/c1-5-25-23(27-15-12-20(13-16-27)17-22(28)24-4)26-14-6-7-19-8-10-21(11-9-19)18(2)3;/h8-11,18,20H,5-7,12-17H2,1-4H3,(H,24,28)(H,25,26);1H. The molecule has 1 fully saturated rings. The number of aliphatic imine (C=N–C) groups is 1. The summed E-state index contributed by atoms with van der Waals surface area (Å²) in [6, 6.07) is 9.00. The van der Waals surface area contributed by atoms with Crippen LogP contribution in [0.1, 0.15) is 63.5 Å². The molecule has 0 radical (unpaired) electrons. The van der Waals surface area contributed by atoms with Gasteiger partial charge in [0.2, 0.25) is 5.91 Å². The average Bonchev–Trinajstić information content (AvgIpc) is 2.71. The zero-order chi connectivity index (χ0) is 20.4. The summed E-state index contributed by atoms with van der Waals surface area (Å²) in [6.45, 7) is 10.2. The number of hydrogen-bond acceptors (Lipinski definition) is 2. The maximum absolute atomic E-state index is 11.6. The van der Waals surface area contributed by atoms with Crippen molar-refractivity contribution < 1.29 is 4.79 Å². The van der Waals surface area contributed by atoms with Crippen molar-refractivity contribution in [1.82, 2.24) is 15.5 Å². The molecule has 0 bridgehead atoms. The van der Waals surface area contributed by atoms with E-state index in [0.29, 0.717) is 18.3 Å². The van der Waals surface area contributed by atoms with Gasteiger partial charge in [-0.1, -0.05) is 38.1 Å². The molecule has 2 rings (SSSR count). The zero-order valence-corrected chi connectivity index (χ0v) is 20.9. The largest absolute Gasteiger partial charge is 0.359 e. The van der Waals surface area contributed by atoms with Crippen molar-refractivity contribution in [2.45, 2.75) is 58.8 Å². The molecule has 1 aromatic rings. The first-order valence-corrected chi connectivity index (χ1v) is 10.9. The van der Waals surface area contributed by atoms with Crippen LogP contribution < -0.4 is 10.6 Å². The average molecular weight is 514 g/mol. The van der Waals surface area contributed by atoms with E-state index in [2.05, 4.69) is 60.6 Å². The maximum atomic E-state index is 11.6. The summed E-state index contributed by atoms with van der Waals surface area (Å²) in [7, 11) is 1.71. The van der Waals surface area contributed by atoms with E-state index < -0.39 is 0 Å². The molecular weight excluding hydrogens is 475 g/mol. The first kappa shape index (κ1) is 25.7. The Hall–Kier alpha value is -1.31. The van der Waals surface area contributed by atoms with Crippen LogP contribution in [0.4, 0.5) is 0 Å². The van der Waals surface area contributed by atoms with E-state index in [1.807, 2.05) is 0 Å². The first-order chi connectivity index (χ1) is 13.5. The Balaban J connectivity index is 0.00000420. The number of nitrogens with one attached hydrogen (secondary N) is 2. The van der Waals surface area contributed by atoms with E-state index in [9.17, 15) is 4.79 Å². The van der Waals surface area contributed by atoms with Gasteiger partial charge in [0.05, 0.1) is 0 Å². The number of likely N-dealkylation sites (tertiary alicyclic amines) is 1. The Labute approximate surface area is 194 Å². The van der Waals surface area contributed by atoms with Crippen LogP contribution in [-0.2, 0) is 11.2 Å². The fourth-order valence-corrected chi connectivity index (χ4v) is 3.68. The monoisotopic (exact) mass is 514 g/mol. The minimum absolute atomic E-state index is 0. The number of benzene rings is 1. The van der Waals surface area contributed by atoms with E-state index in [1.54, 1.807) is 7.05 Å². The summed E-state index contributed by atoms with van der Waals surface area (Å²) in [5, 5.41) is 6.17. The number of rotatable bonds is 8. The Bertz CT molecular complexity index is 622. The lowest BCUT2D eigenvalue weighted by atomic mass is 9.93. The molecule has 5 nitrogen and oxygen atoms in total. The van der Waals surface area contributed by atoms with Gasteiger partial charge in [-0.25, -0.2) is 0 Å². The van der Waals surface area contributed by atoms with Crippen molar-refractivity contribution in [1.29, 1.82) is 0 Å². The summed E-state index contributed by atoms with van der Waals surface area (Å²) in [5.74, 6) is 2.26. The summed E-state index contributed by atoms with van der Waals surface area (Å²) in [5.41, 5.74) is 2.79. The predicted octanol–water partition coefficient (Wildman–Crippen LogP) is 4.17. The van der Waals surface area contributed by atoms with Gasteiger partial charge in [0.25, 0.3) is 0 Å². The van der Waals surface area contributed by atoms with Crippen molar-refractivity contribution in [3.63, 3.8) is 0 Å². The third kappa shape index (κ3) is 8.93. The summed E-state index contributed by atoms with van der Waals surface area (Å²) in [6.07, 6.45) is 4.88. The van der Waals surface area contributed by atoms with Gasteiger partial charge in [-0.05, 0) is 55.6 Å². The van der Waals surface area contributed by atoms with Crippen molar-refractivity contribution in [3.05, 3.63) is 35.4 Å². The molecule has 1 amide bonds. The lowest BCUT2D eigenvalue weighted by Crippen LogP contribution is -2.46. The van der Waals surface area contributed by atoms with Crippen molar-refractivity contribution in [2.75, 3.05) is 33.2 Å². The highest BCUT2D eigenvalue weighted by atomic mass is 127. The molecule has 0 saturated carbocycles. The minimum atomic E-state index is 0. The van der Waals surface area contributed by atoms with Crippen molar-refractivity contribution in [3.8, 4) is 0 Å². The summed E-state index contributed by atoms with van der Waals surface area (Å²) in [4.78, 5) is 18.8. The van der Waals surface area contributed by atoms with E-state index >= 15 is 0 Å². The zero-order valence-electron chi connectivity index (χ0n) is 18.5. The molecule has 0 spiro atoms. The van der Waals surface area contributed by atoms with Crippen LogP contribution in [0.2, 0.25) is 0 Å². The number of amides is 1. The molecule has 0 aliphatic carbocycles. The molecule has 1 aromatic carbocycles. The molecule has 1 aliphatic heterocycles. The third-order valence-electron chi connectivity index (χ3n) is 5.53. The molecule has 0 unspecified atom stereocenters. The number of aryl methyl sites for hydroxylation is 1. The number of nitrogens with zero attached hydrogens (tertiary/aromatic N) is 2. The normalized spacial score (nSPS) is 15.2. The van der Waals surface area contributed by atoms with E-state index in [0.717, 1.165) is 57.8 Å². The van der Waals surface area contributed by atoms with Gasteiger partial charge in [-0.3, -0.25) is 9.79 Å². The highest BCUT2D eigenvalue weighted by Gasteiger charge is 2.22. The molecule has 164 valence electrons. The van der Waals surface area contributed by atoms with Crippen molar-refractivity contribution >= 4 is 35.8 Å². The Morgan fingerprint density at radius 2 is 1.86 bits per heavy atom. The molecule has 29 heavy (non-hydrogen) atoms. The van der Waals surface area contributed by atoms with E-state index in [1.165, 1.54) is 11.1 Å². The number of carbonyl (C=O) groups excluding carboxylic acids is 1. The van der Waals surface area contributed by atoms with E-state index in [-0.39, 0.29) is 29.9 Å². The van der Waals surface area contributed by atoms with Crippen LogP contribution in [0, 0.1) is 5.92 Å². The molecule has 1 saturated heterocycles. The van der Waals surface area contributed by atoms with Crippen LogP contribution in [0.5, 0.6) is 0 Å².